The average molecular weight is 554 g/mol. The van der Waals surface area contributed by atoms with Crippen molar-refractivity contribution in [3.63, 3.8) is 0 Å². The van der Waals surface area contributed by atoms with Crippen molar-refractivity contribution in [2.75, 3.05) is 10.8 Å². The SMILES string of the molecule is CCC(C(=O)NC(C)(C)C)N(Cc1cccc(C)c1)C(=O)CN(c1ccccc1)S(=O)(=O)c1ccc(F)cc1. The van der Waals surface area contributed by atoms with Crippen molar-refractivity contribution in [3.05, 3.63) is 95.8 Å². The number of para-hydroxylation sites is 1. The second-order valence-electron chi connectivity index (χ2n) is 10.5. The Morgan fingerprint density at radius 2 is 1.59 bits per heavy atom. The largest absolute Gasteiger partial charge is 0.350 e. The molecule has 2 amide bonds. The fraction of sp³-hybridized carbons (Fsp3) is 0.333. The molecule has 208 valence electrons. The van der Waals surface area contributed by atoms with Crippen LogP contribution in [0.1, 0.15) is 45.2 Å². The molecule has 0 aliphatic heterocycles. The fourth-order valence-corrected chi connectivity index (χ4v) is 5.65. The van der Waals surface area contributed by atoms with Crippen LogP contribution in [0.3, 0.4) is 0 Å². The van der Waals surface area contributed by atoms with Gasteiger partial charge in [-0.2, -0.15) is 0 Å². The Hall–Kier alpha value is -3.72. The Bertz CT molecular complexity index is 1390. The van der Waals surface area contributed by atoms with Crippen molar-refractivity contribution < 1.29 is 22.4 Å². The van der Waals surface area contributed by atoms with Gasteiger partial charge < -0.3 is 10.2 Å². The molecule has 39 heavy (non-hydrogen) atoms. The van der Waals surface area contributed by atoms with Gasteiger partial charge in [-0.05, 0) is 76.1 Å². The van der Waals surface area contributed by atoms with E-state index in [0.717, 1.165) is 27.6 Å². The first kappa shape index (κ1) is 29.8. The highest BCUT2D eigenvalue weighted by atomic mass is 32.2. The molecule has 0 aromatic heterocycles. The first-order valence-electron chi connectivity index (χ1n) is 12.8. The lowest BCUT2D eigenvalue weighted by Crippen LogP contribution is -2.55. The summed E-state index contributed by atoms with van der Waals surface area (Å²) in [6, 6.07) is 19.5. The second kappa shape index (κ2) is 12.4. The summed E-state index contributed by atoms with van der Waals surface area (Å²) >= 11 is 0. The van der Waals surface area contributed by atoms with Gasteiger partial charge in [-0.25, -0.2) is 12.8 Å². The normalized spacial score (nSPS) is 12.5. The molecule has 0 heterocycles. The minimum absolute atomic E-state index is 0.121. The molecule has 1 unspecified atom stereocenters. The summed E-state index contributed by atoms with van der Waals surface area (Å²) in [5, 5.41) is 2.95. The van der Waals surface area contributed by atoms with Crippen LogP contribution < -0.4 is 9.62 Å². The number of nitrogens with one attached hydrogen (secondary N) is 1. The lowest BCUT2D eigenvalue weighted by Gasteiger charge is -2.34. The van der Waals surface area contributed by atoms with Crippen LogP contribution in [0, 0.1) is 12.7 Å². The summed E-state index contributed by atoms with van der Waals surface area (Å²) in [6.07, 6.45) is 0.329. The van der Waals surface area contributed by atoms with E-state index in [1.54, 1.807) is 30.3 Å². The summed E-state index contributed by atoms with van der Waals surface area (Å²) in [5.74, 6) is -1.43. The van der Waals surface area contributed by atoms with Crippen LogP contribution in [0.15, 0.2) is 83.8 Å². The van der Waals surface area contributed by atoms with Gasteiger partial charge in [0.1, 0.15) is 18.4 Å². The number of carbonyl (C=O) groups excluding carboxylic acids is 2. The van der Waals surface area contributed by atoms with E-state index in [4.69, 9.17) is 0 Å². The van der Waals surface area contributed by atoms with E-state index in [9.17, 15) is 22.4 Å². The van der Waals surface area contributed by atoms with E-state index in [1.807, 2.05) is 58.9 Å². The number of benzene rings is 3. The zero-order chi connectivity index (χ0) is 28.8. The van der Waals surface area contributed by atoms with E-state index < -0.39 is 39.9 Å². The Morgan fingerprint density at radius 1 is 0.949 bits per heavy atom. The number of carbonyl (C=O) groups is 2. The van der Waals surface area contributed by atoms with Gasteiger partial charge in [0.05, 0.1) is 10.6 Å². The minimum Gasteiger partial charge on any atom is -0.350 e. The maximum Gasteiger partial charge on any atom is 0.264 e. The molecular formula is C30H36FN3O4S. The predicted molar refractivity (Wildman–Crippen MR) is 151 cm³/mol. The Balaban J connectivity index is 2.05. The van der Waals surface area contributed by atoms with Crippen LogP contribution in [-0.2, 0) is 26.2 Å². The monoisotopic (exact) mass is 553 g/mol. The zero-order valence-electron chi connectivity index (χ0n) is 23.0. The maximum atomic E-state index is 14.0. The lowest BCUT2D eigenvalue weighted by atomic mass is 10.0. The number of anilines is 1. The molecular weight excluding hydrogens is 517 g/mol. The minimum atomic E-state index is -4.24. The smallest absolute Gasteiger partial charge is 0.264 e. The van der Waals surface area contributed by atoms with Gasteiger partial charge in [-0.15, -0.1) is 0 Å². The Labute approximate surface area is 230 Å². The molecule has 0 radical (unpaired) electrons. The molecule has 0 saturated carbocycles. The third-order valence-corrected chi connectivity index (χ3v) is 7.83. The average Bonchev–Trinajstić information content (AvgIpc) is 2.86. The molecule has 7 nitrogen and oxygen atoms in total. The van der Waals surface area contributed by atoms with Crippen molar-refractivity contribution in [3.8, 4) is 0 Å². The van der Waals surface area contributed by atoms with E-state index in [1.165, 1.54) is 17.0 Å². The van der Waals surface area contributed by atoms with Crippen molar-refractivity contribution >= 4 is 27.5 Å². The number of amides is 2. The van der Waals surface area contributed by atoms with Gasteiger partial charge >= 0.3 is 0 Å². The third-order valence-electron chi connectivity index (χ3n) is 6.04. The molecule has 0 aliphatic carbocycles. The Morgan fingerprint density at radius 3 is 2.15 bits per heavy atom. The predicted octanol–water partition coefficient (Wildman–Crippen LogP) is 5.05. The third kappa shape index (κ3) is 7.89. The van der Waals surface area contributed by atoms with Gasteiger partial charge in [-0.3, -0.25) is 13.9 Å². The molecule has 3 aromatic rings. The topological polar surface area (TPSA) is 86.8 Å². The van der Waals surface area contributed by atoms with Gasteiger partial charge in [0.15, 0.2) is 0 Å². The standard InChI is InChI=1S/C30H36FN3O4S/c1-6-27(29(36)32-30(3,4)5)33(20-23-12-10-11-22(2)19-23)28(35)21-34(25-13-8-7-9-14-25)39(37,38)26-17-15-24(31)16-18-26/h7-19,27H,6,20-21H2,1-5H3,(H,32,36). The summed E-state index contributed by atoms with van der Waals surface area (Å²) < 4.78 is 42.0. The molecule has 0 spiro atoms. The summed E-state index contributed by atoms with van der Waals surface area (Å²) in [5.41, 5.74) is 1.57. The van der Waals surface area contributed by atoms with E-state index in [2.05, 4.69) is 5.32 Å². The summed E-state index contributed by atoms with van der Waals surface area (Å²) in [7, 11) is -4.24. The number of sulfonamides is 1. The quantitative estimate of drug-likeness (QED) is 0.381. The second-order valence-corrected chi connectivity index (χ2v) is 12.3. The van der Waals surface area contributed by atoms with Crippen molar-refractivity contribution in [2.45, 2.75) is 64.1 Å². The van der Waals surface area contributed by atoms with Crippen LogP contribution in [0.25, 0.3) is 0 Å². The molecule has 1 atom stereocenters. The highest BCUT2D eigenvalue weighted by Gasteiger charge is 2.34. The molecule has 3 rings (SSSR count). The number of hydrogen-bond acceptors (Lipinski definition) is 4. The van der Waals surface area contributed by atoms with Gasteiger partial charge in [0, 0.05) is 12.1 Å². The zero-order valence-corrected chi connectivity index (χ0v) is 23.8. The van der Waals surface area contributed by atoms with Gasteiger partial charge in [0.2, 0.25) is 11.8 Å². The number of halogens is 1. The number of hydrogen-bond donors (Lipinski definition) is 1. The molecule has 0 fully saturated rings. The van der Waals surface area contributed by atoms with Crippen LogP contribution in [-0.4, -0.2) is 43.3 Å². The summed E-state index contributed by atoms with van der Waals surface area (Å²) in [6.45, 7) is 8.90. The van der Waals surface area contributed by atoms with Crippen LogP contribution in [0.5, 0.6) is 0 Å². The molecule has 9 heteroatoms. The molecule has 0 bridgehead atoms. The van der Waals surface area contributed by atoms with Crippen LogP contribution in [0.4, 0.5) is 10.1 Å². The molecule has 0 saturated heterocycles. The number of nitrogens with zero attached hydrogens (tertiary/aromatic N) is 2. The highest BCUT2D eigenvalue weighted by molar-refractivity contribution is 7.92. The van der Waals surface area contributed by atoms with Crippen molar-refractivity contribution in [2.24, 2.45) is 0 Å². The maximum absolute atomic E-state index is 14.0. The van der Waals surface area contributed by atoms with Gasteiger partial charge in [0.25, 0.3) is 10.0 Å². The lowest BCUT2D eigenvalue weighted by molar-refractivity contribution is -0.141. The van der Waals surface area contributed by atoms with E-state index in [-0.39, 0.29) is 23.0 Å². The fourth-order valence-electron chi connectivity index (χ4n) is 4.24. The Kier molecular flexibility index (Phi) is 9.50. The first-order chi connectivity index (χ1) is 18.3. The first-order valence-corrected chi connectivity index (χ1v) is 14.3. The summed E-state index contributed by atoms with van der Waals surface area (Å²) in [4.78, 5) is 28.6. The molecule has 1 N–H and O–H groups in total. The van der Waals surface area contributed by atoms with Gasteiger partial charge in [-0.1, -0.05) is 55.0 Å². The van der Waals surface area contributed by atoms with Crippen molar-refractivity contribution in [1.29, 1.82) is 0 Å². The molecule has 3 aromatic carbocycles. The highest BCUT2D eigenvalue weighted by Crippen LogP contribution is 2.25. The van der Waals surface area contributed by atoms with Crippen LogP contribution >= 0.6 is 0 Å². The van der Waals surface area contributed by atoms with Crippen molar-refractivity contribution in [1.82, 2.24) is 10.2 Å². The number of aryl methyl sites for hydroxylation is 1. The van der Waals surface area contributed by atoms with E-state index >= 15 is 0 Å². The van der Waals surface area contributed by atoms with E-state index in [0.29, 0.717) is 6.42 Å². The molecule has 0 aliphatic rings. The number of rotatable bonds is 10. The van der Waals surface area contributed by atoms with Crippen LogP contribution in [0.2, 0.25) is 0 Å².